The highest BCUT2D eigenvalue weighted by Crippen LogP contribution is 2.24. The third-order valence-electron chi connectivity index (χ3n) is 2.73. The van der Waals surface area contributed by atoms with Gasteiger partial charge in [0.15, 0.2) is 5.82 Å². The number of aromatic nitrogens is 2. The van der Waals surface area contributed by atoms with Crippen LogP contribution in [0.3, 0.4) is 0 Å². The van der Waals surface area contributed by atoms with Crippen molar-refractivity contribution in [3.8, 4) is 0 Å². The molecule has 1 fully saturated rings. The lowest BCUT2D eigenvalue weighted by Crippen LogP contribution is -2.32. The lowest BCUT2D eigenvalue weighted by molar-refractivity contribution is -0.168. The molecule has 114 valence electrons. The molecule has 2 atom stereocenters. The van der Waals surface area contributed by atoms with Gasteiger partial charge in [-0.05, 0) is 6.42 Å². The zero-order chi connectivity index (χ0) is 14.8. The number of aliphatic hydroxyl groups excluding tert-OH is 1. The molecular weight excluding hydrogens is 286 g/mol. The predicted octanol–water partition coefficient (Wildman–Crippen LogP) is 0.882. The summed E-state index contributed by atoms with van der Waals surface area (Å²) in [5.74, 6) is -4.03. The summed E-state index contributed by atoms with van der Waals surface area (Å²) in [6, 6.07) is -0.311. The Balaban J connectivity index is 1.81. The summed E-state index contributed by atoms with van der Waals surface area (Å²) in [6.07, 6.45) is -3.91. The van der Waals surface area contributed by atoms with E-state index >= 15 is 0 Å². The number of ether oxygens (including phenoxy) is 1. The molecule has 6 nitrogen and oxygen atoms in total. The molecule has 0 amide bonds. The van der Waals surface area contributed by atoms with Gasteiger partial charge in [0.25, 0.3) is 0 Å². The topological polar surface area (TPSA) is 80.4 Å². The largest absolute Gasteiger partial charge is 0.392 e. The fourth-order valence-electron chi connectivity index (χ4n) is 1.71. The summed E-state index contributed by atoms with van der Waals surface area (Å²) in [5.41, 5.74) is 0. The van der Waals surface area contributed by atoms with Gasteiger partial charge in [0.05, 0.1) is 12.1 Å². The van der Waals surface area contributed by atoms with Crippen molar-refractivity contribution in [2.45, 2.75) is 37.5 Å². The van der Waals surface area contributed by atoms with Gasteiger partial charge in [-0.1, -0.05) is 5.16 Å². The predicted molar refractivity (Wildman–Crippen MR) is 56.3 cm³/mol. The number of nitrogens with zero attached hydrogens (tertiary/aromatic N) is 2. The first-order valence-corrected chi connectivity index (χ1v) is 5.86. The molecule has 0 bridgehead atoms. The number of β-amino-alcohol motifs (C(OH)–C–C–N with tert-alkyl or cyclic N) is 1. The molecule has 2 heterocycles. The van der Waals surface area contributed by atoms with Gasteiger partial charge in [-0.25, -0.2) is 8.78 Å². The average molecular weight is 299 g/mol. The maximum atomic E-state index is 12.6. The van der Waals surface area contributed by atoms with E-state index in [1.807, 2.05) is 0 Å². The third-order valence-corrected chi connectivity index (χ3v) is 2.73. The van der Waals surface area contributed by atoms with E-state index in [4.69, 9.17) is 4.52 Å². The molecule has 1 aliphatic rings. The first-order chi connectivity index (χ1) is 9.38. The molecule has 1 aliphatic heterocycles. The number of aliphatic hydroxyl groups is 1. The van der Waals surface area contributed by atoms with E-state index in [9.17, 15) is 22.7 Å². The van der Waals surface area contributed by atoms with Crippen molar-refractivity contribution in [1.82, 2.24) is 15.5 Å². The molecule has 0 aliphatic carbocycles. The molecular formula is C10H13F4N3O3. The van der Waals surface area contributed by atoms with Gasteiger partial charge in [-0.15, -0.1) is 0 Å². The number of rotatable bonds is 6. The standard InChI is InChI=1S/C10H13F4N3O3/c11-9(12)10(13,14)4-19-3-7-16-8(20-17-7)6-1-5(18)2-15-6/h5-6,9,15,18H,1-4H2/t5-,6+/m0/s1. The second kappa shape index (κ2) is 6.02. The monoisotopic (exact) mass is 299 g/mol. The van der Waals surface area contributed by atoms with E-state index in [-0.39, 0.29) is 17.8 Å². The van der Waals surface area contributed by atoms with Crippen molar-refractivity contribution in [3.05, 3.63) is 11.7 Å². The maximum Gasteiger partial charge on any atom is 0.330 e. The highest BCUT2D eigenvalue weighted by molar-refractivity contribution is 4.96. The van der Waals surface area contributed by atoms with Crippen LogP contribution in [0, 0.1) is 0 Å². The Hall–Kier alpha value is -1.26. The Morgan fingerprint density at radius 1 is 1.50 bits per heavy atom. The van der Waals surface area contributed by atoms with Crippen molar-refractivity contribution in [1.29, 1.82) is 0 Å². The lowest BCUT2D eigenvalue weighted by Gasteiger charge is -2.14. The van der Waals surface area contributed by atoms with E-state index in [1.54, 1.807) is 0 Å². The molecule has 1 saturated heterocycles. The summed E-state index contributed by atoms with van der Waals surface area (Å²) >= 11 is 0. The van der Waals surface area contributed by atoms with Crippen molar-refractivity contribution >= 4 is 0 Å². The summed E-state index contributed by atoms with van der Waals surface area (Å²) in [5, 5.41) is 15.7. The Labute approximate surface area is 111 Å². The molecule has 0 unspecified atom stereocenters. The minimum absolute atomic E-state index is 0.0201. The van der Waals surface area contributed by atoms with Crippen LogP contribution in [0.5, 0.6) is 0 Å². The van der Waals surface area contributed by atoms with E-state index in [0.717, 1.165) is 0 Å². The molecule has 20 heavy (non-hydrogen) atoms. The van der Waals surface area contributed by atoms with Crippen LogP contribution in [0.1, 0.15) is 24.2 Å². The Kier molecular flexibility index (Phi) is 4.55. The summed E-state index contributed by atoms with van der Waals surface area (Å²) in [7, 11) is 0. The van der Waals surface area contributed by atoms with Crippen molar-refractivity contribution in [2.75, 3.05) is 13.2 Å². The molecule has 0 radical (unpaired) electrons. The van der Waals surface area contributed by atoms with Crippen LogP contribution in [0.2, 0.25) is 0 Å². The van der Waals surface area contributed by atoms with Crippen molar-refractivity contribution < 1.29 is 31.9 Å². The molecule has 2 N–H and O–H groups in total. The molecule has 0 saturated carbocycles. The smallest absolute Gasteiger partial charge is 0.330 e. The van der Waals surface area contributed by atoms with Crippen LogP contribution in [0.4, 0.5) is 17.6 Å². The quantitative estimate of drug-likeness (QED) is 0.759. The molecule has 2 rings (SSSR count). The van der Waals surface area contributed by atoms with Gasteiger partial charge < -0.3 is 19.7 Å². The first-order valence-electron chi connectivity index (χ1n) is 5.86. The van der Waals surface area contributed by atoms with E-state index in [2.05, 4.69) is 20.2 Å². The van der Waals surface area contributed by atoms with Crippen LogP contribution in [0.15, 0.2) is 4.52 Å². The molecule has 10 heteroatoms. The highest BCUT2D eigenvalue weighted by atomic mass is 19.3. The van der Waals surface area contributed by atoms with Gasteiger partial charge in [0.2, 0.25) is 5.89 Å². The number of halogens is 4. The molecule has 0 spiro atoms. The van der Waals surface area contributed by atoms with Crippen LogP contribution in [0.25, 0.3) is 0 Å². The fraction of sp³-hybridized carbons (Fsp3) is 0.800. The van der Waals surface area contributed by atoms with E-state index < -0.39 is 31.7 Å². The zero-order valence-corrected chi connectivity index (χ0v) is 10.2. The zero-order valence-electron chi connectivity index (χ0n) is 10.2. The van der Waals surface area contributed by atoms with Crippen LogP contribution < -0.4 is 5.32 Å². The Morgan fingerprint density at radius 2 is 2.25 bits per heavy atom. The van der Waals surface area contributed by atoms with Gasteiger partial charge in [0, 0.05) is 6.54 Å². The van der Waals surface area contributed by atoms with Crippen LogP contribution >= 0.6 is 0 Å². The van der Waals surface area contributed by atoms with Crippen LogP contribution in [-0.4, -0.2) is 46.9 Å². The van der Waals surface area contributed by atoms with E-state index in [0.29, 0.717) is 13.0 Å². The minimum Gasteiger partial charge on any atom is -0.392 e. The van der Waals surface area contributed by atoms with Gasteiger partial charge >= 0.3 is 12.3 Å². The number of nitrogens with one attached hydrogen (secondary N) is 1. The first kappa shape index (κ1) is 15.1. The van der Waals surface area contributed by atoms with Gasteiger partial charge in [0.1, 0.15) is 13.2 Å². The highest BCUT2D eigenvalue weighted by Gasteiger charge is 2.41. The minimum atomic E-state index is -4.20. The number of hydrogen-bond acceptors (Lipinski definition) is 6. The average Bonchev–Trinajstić information content (AvgIpc) is 2.97. The van der Waals surface area contributed by atoms with Crippen molar-refractivity contribution in [3.63, 3.8) is 0 Å². The number of alkyl halides is 4. The Morgan fingerprint density at radius 3 is 2.85 bits per heavy atom. The fourth-order valence-corrected chi connectivity index (χ4v) is 1.71. The maximum absolute atomic E-state index is 12.6. The molecule has 0 aromatic carbocycles. The summed E-state index contributed by atoms with van der Waals surface area (Å²) < 4.78 is 58.2. The van der Waals surface area contributed by atoms with E-state index in [1.165, 1.54) is 0 Å². The second-order valence-electron chi connectivity index (χ2n) is 4.45. The SMILES string of the molecule is O[C@@H]1CN[C@@H](c2nc(COCC(F)(F)C(F)F)no2)C1. The van der Waals surface area contributed by atoms with Gasteiger partial charge in [-0.2, -0.15) is 13.8 Å². The molecule has 1 aromatic heterocycles. The molecule has 1 aromatic rings. The number of hydrogen-bond donors (Lipinski definition) is 2. The summed E-state index contributed by atoms with van der Waals surface area (Å²) in [4.78, 5) is 3.88. The lowest BCUT2D eigenvalue weighted by atomic mass is 10.2. The third kappa shape index (κ3) is 3.64. The normalized spacial score (nSPS) is 23.7. The van der Waals surface area contributed by atoms with Crippen molar-refractivity contribution in [2.24, 2.45) is 0 Å². The second-order valence-corrected chi connectivity index (χ2v) is 4.45. The Bertz CT molecular complexity index is 443. The van der Waals surface area contributed by atoms with Crippen LogP contribution in [-0.2, 0) is 11.3 Å². The van der Waals surface area contributed by atoms with Gasteiger partial charge in [-0.3, -0.25) is 0 Å². The summed E-state index contributed by atoms with van der Waals surface area (Å²) in [6.45, 7) is -1.49.